The number of hydrogen-bond acceptors (Lipinski definition) is 8. The maximum Gasteiger partial charge on any atom is 0.263 e. The van der Waals surface area contributed by atoms with Gasteiger partial charge in [-0.25, -0.2) is 15.0 Å². The molecule has 1 N–H and O–H groups in total. The van der Waals surface area contributed by atoms with E-state index in [1.54, 1.807) is 36.3 Å². The number of aromatic nitrogens is 4. The average Bonchev–Trinajstić information content (AvgIpc) is 3.09. The van der Waals surface area contributed by atoms with Crippen molar-refractivity contribution in [2.45, 2.75) is 23.7 Å². The third kappa shape index (κ3) is 2.86. The molecule has 0 unspecified atom stereocenters. The van der Waals surface area contributed by atoms with E-state index in [2.05, 4.69) is 15.0 Å². The number of amides is 1. The highest BCUT2D eigenvalue weighted by atomic mass is 32.2. The van der Waals surface area contributed by atoms with Crippen LogP contribution in [0.15, 0.2) is 40.7 Å². The van der Waals surface area contributed by atoms with Crippen molar-refractivity contribution in [1.82, 2.24) is 19.5 Å². The minimum atomic E-state index is -0.497. The van der Waals surface area contributed by atoms with E-state index < -0.39 is 6.10 Å². The van der Waals surface area contributed by atoms with Crippen molar-refractivity contribution in [2.24, 2.45) is 7.05 Å². The molecule has 10 heteroatoms. The van der Waals surface area contributed by atoms with Crippen molar-refractivity contribution < 1.29 is 9.90 Å². The third-order valence-corrected chi connectivity index (χ3v) is 6.24. The number of hydrogen-bond donors (Lipinski definition) is 1. The molecule has 2 atom stereocenters. The first-order valence-corrected chi connectivity index (χ1v) is 10.8. The highest BCUT2D eigenvalue weighted by Gasteiger charge is 2.41. The second-order valence-electron chi connectivity index (χ2n) is 7.54. The largest absolute Gasteiger partial charge is 0.391 e. The molecule has 5 rings (SSSR count). The molecule has 0 radical (unpaired) electrons. The molecular weight excluding hydrogens is 404 g/mol. The number of para-hydroxylation sites is 1. The van der Waals surface area contributed by atoms with Gasteiger partial charge in [-0.05, 0) is 24.8 Å². The van der Waals surface area contributed by atoms with Gasteiger partial charge in [0.15, 0.2) is 5.16 Å². The topological polar surface area (TPSA) is 104 Å². The number of anilines is 2. The Morgan fingerprint density at radius 2 is 2.03 bits per heavy atom. The zero-order chi connectivity index (χ0) is 21.0. The maximum atomic E-state index is 13.6. The van der Waals surface area contributed by atoms with Crippen molar-refractivity contribution in [3.63, 3.8) is 0 Å². The summed E-state index contributed by atoms with van der Waals surface area (Å²) >= 11 is 1.40. The summed E-state index contributed by atoms with van der Waals surface area (Å²) in [5.74, 6) is 0.309. The molecule has 4 heterocycles. The molecule has 3 aromatic rings. The SMILES string of the molecule is CSc1ncc2c(n1)N1C[C@@H](O)C[C@H]1CN(c1cccc3c(=O)n(C)cnc13)C2=O. The Hall–Kier alpha value is -2.98. The molecule has 9 nitrogen and oxygen atoms in total. The monoisotopic (exact) mass is 424 g/mol. The summed E-state index contributed by atoms with van der Waals surface area (Å²) in [7, 11) is 1.65. The van der Waals surface area contributed by atoms with Crippen LogP contribution in [0.25, 0.3) is 10.9 Å². The van der Waals surface area contributed by atoms with Crippen LogP contribution in [0.2, 0.25) is 0 Å². The van der Waals surface area contributed by atoms with Gasteiger partial charge in [-0.1, -0.05) is 17.8 Å². The van der Waals surface area contributed by atoms with Crippen molar-refractivity contribution in [1.29, 1.82) is 0 Å². The molecule has 2 aromatic heterocycles. The lowest BCUT2D eigenvalue weighted by atomic mass is 10.1. The molecule has 2 aliphatic rings. The summed E-state index contributed by atoms with van der Waals surface area (Å²) in [6.07, 6.45) is 4.92. The molecule has 30 heavy (non-hydrogen) atoms. The highest BCUT2D eigenvalue weighted by molar-refractivity contribution is 7.98. The zero-order valence-corrected chi connectivity index (χ0v) is 17.3. The van der Waals surface area contributed by atoms with Gasteiger partial charge in [0.2, 0.25) is 0 Å². The van der Waals surface area contributed by atoms with E-state index in [0.29, 0.717) is 52.6 Å². The lowest BCUT2D eigenvalue weighted by Gasteiger charge is -2.27. The quantitative estimate of drug-likeness (QED) is 0.481. The first kappa shape index (κ1) is 19.0. The summed E-state index contributed by atoms with van der Waals surface area (Å²) in [5, 5.41) is 11.3. The van der Waals surface area contributed by atoms with Gasteiger partial charge >= 0.3 is 0 Å². The van der Waals surface area contributed by atoms with E-state index in [9.17, 15) is 14.7 Å². The summed E-state index contributed by atoms with van der Waals surface area (Å²) in [6, 6.07) is 5.17. The first-order chi connectivity index (χ1) is 14.5. The Labute approximate surface area is 176 Å². The molecule has 1 fully saturated rings. The highest BCUT2D eigenvalue weighted by Crippen LogP contribution is 2.35. The number of nitrogens with zero attached hydrogens (tertiary/aromatic N) is 6. The molecule has 1 aromatic carbocycles. The molecule has 154 valence electrons. The van der Waals surface area contributed by atoms with Gasteiger partial charge in [0, 0.05) is 26.3 Å². The van der Waals surface area contributed by atoms with Crippen LogP contribution in [0.3, 0.4) is 0 Å². The third-order valence-electron chi connectivity index (χ3n) is 5.68. The number of rotatable bonds is 2. The smallest absolute Gasteiger partial charge is 0.263 e. The predicted octanol–water partition coefficient (Wildman–Crippen LogP) is 1.05. The van der Waals surface area contributed by atoms with Crippen LogP contribution < -0.4 is 15.4 Å². The van der Waals surface area contributed by atoms with Crippen LogP contribution in [0, 0.1) is 0 Å². The van der Waals surface area contributed by atoms with Crippen molar-refractivity contribution in [3.8, 4) is 0 Å². The van der Waals surface area contributed by atoms with Gasteiger partial charge in [0.1, 0.15) is 16.9 Å². The molecule has 1 amide bonds. The number of aliphatic hydroxyl groups is 1. The number of fused-ring (bicyclic) bond motifs is 4. The standard InChI is InChI=1S/C20H20N6O3S/c1-24-10-22-16-13(18(24)28)4-3-5-15(16)26-8-11-6-12(27)9-25(11)17-14(19(26)29)7-21-20(23-17)30-2/h3-5,7,10-12,27H,6,8-9H2,1-2H3/t11-,12-/m0/s1. The molecule has 0 saturated carbocycles. The van der Waals surface area contributed by atoms with Crippen LogP contribution in [0.5, 0.6) is 0 Å². The Balaban J connectivity index is 1.70. The minimum absolute atomic E-state index is 0.100. The Bertz CT molecular complexity index is 1230. The van der Waals surface area contributed by atoms with Crippen LogP contribution >= 0.6 is 11.8 Å². The minimum Gasteiger partial charge on any atom is -0.391 e. The van der Waals surface area contributed by atoms with E-state index >= 15 is 0 Å². The summed E-state index contributed by atoms with van der Waals surface area (Å²) in [4.78, 5) is 43.1. The summed E-state index contributed by atoms with van der Waals surface area (Å²) < 4.78 is 1.42. The number of thioether (sulfide) groups is 1. The molecule has 0 bridgehead atoms. The molecule has 2 aliphatic heterocycles. The second-order valence-corrected chi connectivity index (χ2v) is 8.31. The Morgan fingerprint density at radius 1 is 1.20 bits per heavy atom. The zero-order valence-electron chi connectivity index (χ0n) is 16.5. The van der Waals surface area contributed by atoms with Crippen LogP contribution in [0.4, 0.5) is 11.5 Å². The van der Waals surface area contributed by atoms with E-state index in [0.717, 1.165) is 0 Å². The normalized spacial score (nSPS) is 21.0. The van der Waals surface area contributed by atoms with Crippen molar-refractivity contribution >= 4 is 40.1 Å². The number of carbonyl (C=O) groups is 1. The van der Waals surface area contributed by atoms with E-state index in [1.165, 1.54) is 22.7 Å². The Kier molecular flexibility index (Phi) is 4.48. The van der Waals surface area contributed by atoms with E-state index in [1.807, 2.05) is 11.2 Å². The van der Waals surface area contributed by atoms with Crippen LogP contribution in [-0.4, -0.2) is 62.0 Å². The number of aliphatic hydroxyl groups excluding tert-OH is 1. The van der Waals surface area contributed by atoms with Crippen LogP contribution in [0.1, 0.15) is 16.8 Å². The van der Waals surface area contributed by atoms with Gasteiger partial charge < -0.3 is 19.5 Å². The second kappa shape index (κ2) is 7.06. The number of carbonyl (C=O) groups excluding carboxylic acids is 1. The van der Waals surface area contributed by atoms with Crippen LogP contribution in [-0.2, 0) is 7.05 Å². The molecule has 0 spiro atoms. The van der Waals surface area contributed by atoms with Gasteiger partial charge in [-0.15, -0.1) is 0 Å². The first-order valence-electron chi connectivity index (χ1n) is 9.60. The van der Waals surface area contributed by atoms with Crippen molar-refractivity contribution in [3.05, 3.63) is 46.6 Å². The predicted molar refractivity (Wildman–Crippen MR) is 114 cm³/mol. The molecular formula is C20H20N6O3S. The lowest BCUT2D eigenvalue weighted by molar-refractivity contribution is 0.0986. The van der Waals surface area contributed by atoms with Gasteiger partial charge in [0.05, 0.1) is 29.5 Å². The maximum absolute atomic E-state index is 13.6. The molecule has 0 aliphatic carbocycles. The lowest BCUT2D eigenvalue weighted by Crippen LogP contribution is -2.40. The molecule has 1 saturated heterocycles. The number of aryl methyl sites for hydroxylation is 1. The summed E-state index contributed by atoms with van der Waals surface area (Å²) in [6.45, 7) is 0.773. The fourth-order valence-corrected chi connectivity index (χ4v) is 4.58. The fraction of sp³-hybridized carbons (Fsp3) is 0.350. The van der Waals surface area contributed by atoms with Gasteiger partial charge in [-0.3, -0.25) is 9.59 Å². The van der Waals surface area contributed by atoms with E-state index in [-0.39, 0.29) is 17.5 Å². The van der Waals surface area contributed by atoms with Crippen molar-refractivity contribution in [2.75, 3.05) is 29.1 Å². The summed E-state index contributed by atoms with van der Waals surface area (Å²) in [5.41, 5.74) is 1.25. The van der Waals surface area contributed by atoms with Gasteiger partial charge in [0.25, 0.3) is 11.5 Å². The Morgan fingerprint density at radius 3 is 2.83 bits per heavy atom. The van der Waals surface area contributed by atoms with E-state index in [4.69, 9.17) is 0 Å². The number of benzene rings is 1. The fourth-order valence-electron chi connectivity index (χ4n) is 4.24. The average molecular weight is 424 g/mol. The van der Waals surface area contributed by atoms with Gasteiger partial charge in [-0.2, -0.15) is 0 Å².